The molecule has 0 atom stereocenters. The first kappa shape index (κ1) is 20.5. The van der Waals surface area contributed by atoms with Crippen LogP contribution in [0.4, 0.5) is 5.69 Å². The second-order valence-electron chi connectivity index (χ2n) is 4.97. The number of para-hydroxylation sites is 1. The average Bonchev–Trinajstić information content (AvgIpc) is 3.06. The highest BCUT2D eigenvalue weighted by Crippen LogP contribution is 2.15. The monoisotopic (exact) mass is 445 g/mol. The van der Waals surface area contributed by atoms with Crippen LogP contribution in [0.1, 0.15) is 17.7 Å². The second-order valence-corrected chi connectivity index (χ2v) is 4.97. The number of benzene rings is 1. The normalized spacial score (nSPS) is 11.1. The minimum atomic E-state index is 0. The van der Waals surface area contributed by atoms with Crippen molar-refractivity contribution in [3.05, 3.63) is 54.0 Å². The van der Waals surface area contributed by atoms with Crippen LogP contribution in [0.2, 0.25) is 0 Å². The number of guanidine groups is 1. The van der Waals surface area contributed by atoms with Gasteiger partial charge in [0.1, 0.15) is 12.4 Å². The van der Waals surface area contributed by atoms with E-state index in [4.69, 9.17) is 19.6 Å². The molecule has 0 aliphatic carbocycles. The van der Waals surface area contributed by atoms with Gasteiger partial charge in [-0.25, -0.2) is 0 Å². The summed E-state index contributed by atoms with van der Waals surface area (Å²) in [5.41, 5.74) is 7.85. The maximum absolute atomic E-state index is 5.90. The van der Waals surface area contributed by atoms with E-state index in [0.717, 1.165) is 23.4 Å². The summed E-state index contributed by atoms with van der Waals surface area (Å²) in [5.74, 6) is 1.21. The lowest BCUT2D eigenvalue weighted by Gasteiger charge is -2.10. The van der Waals surface area contributed by atoms with E-state index < -0.39 is 0 Å². The molecule has 1 heterocycles. The van der Waals surface area contributed by atoms with Crippen molar-refractivity contribution in [3.8, 4) is 0 Å². The predicted molar refractivity (Wildman–Crippen MR) is 106 cm³/mol. The van der Waals surface area contributed by atoms with Crippen molar-refractivity contribution in [2.24, 2.45) is 10.7 Å². The van der Waals surface area contributed by atoms with E-state index in [2.05, 4.69) is 10.3 Å². The molecule has 0 fully saturated rings. The quantitative estimate of drug-likeness (QED) is 0.268. The highest BCUT2D eigenvalue weighted by Gasteiger charge is 2.02. The molecule has 24 heavy (non-hydrogen) atoms. The summed E-state index contributed by atoms with van der Waals surface area (Å²) in [6.45, 7) is 2.22. The van der Waals surface area contributed by atoms with Gasteiger partial charge in [0, 0.05) is 31.5 Å². The number of halogens is 1. The highest BCUT2D eigenvalue weighted by molar-refractivity contribution is 14.0. The molecule has 1 aromatic heterocycles. The number of nitrogens with zero attached hydrogens (tertiary/aromatic N) is 1. The van der Waals surface area contributed by atoms with Gasteiger partial charge in [-0.2, -0.15) is 0 Å². The summed E-state index contributed by atoms with van der Waals surface area (Å²) < 4.78 is 15.8. The van der Waals surface area contributed by atoms with Gasteiger partial charge in [-0.15, -0.1) is 24.0 Å². The number of aliphatic imine (C=N–C) groups is 1. The molecule has 0 aliphatic rings. The third-order valence-corrected chi connectivity index (χ3v) is 3.13. The Labute approximate surface area is 159 Å². The molecule has 0 unspecified atom stereocenters. The van der Waals surface area contributed by atoms with E-state index in [9.17, 15) is 0 Å². The van der Waals surface area contributed by atoms with Crippen molar-refractivity contribution >= 4 is 35.6 Å². The van der Waals surface area contributed by atoms with Crippen LogP contribution in [0.3, 0.4) is 0 Å². The SMILES string of the molecule is COCc1ccccc1NC(N)=NCCCOCc1ccco1.I. The molecule has 0 spiro atoms. The fourth-order valence-corrected chi connectivity index (χ4v) is 2.03. The van der Waals surface area contributed by atoms with Gasteiger partial charge in [-0.05, 0) is 24.6 Å². The average molecular weight is 445 g/mol. The number of ether oxygens (including phenoxy) is 2. The Morgan fingerprint density at radius 2 is 2.04 bits per heavy atom. The number of furan rings is 1. The molecular formula is C17H24IN3O3. The summed E-state index contributed by atoms with van der Waals surface area (Å²) in [6, 6.07) is 11.6. The second kappa shape index (κ2) is 11.9. The minimum absolute atomic E-state index is 0. The number of rotatable bonds is 9. The van der Waals surface area contributed by atoms with Crippen molar-refractivity contribution in [3.63, 3.8) is 0 Å². The van der Waals surface area contributed by atoms with Crippen LogP contribution in [0.15, 0.2) is 52.1 Å². The van der Waals surface area contributed by atoms with Crippen LogP contribution < -0.4 is 11.1 Å². The Kier molecular flexibility index (Phi) is 10.1. The smallest absolute Gasteiger partial charge is 0.193 e. The number of hydrogen-bond acceptors (Lipinski definition) is 4. The Bertz CT molecular complexity index is 603. The van der Waals surface area contributed by atoms with Crippen LogP contribution in [-0.4, -0.2) is 26.2 Å². The molecule has 132 valence electrons. The summed E-state index contributed by atoms with van der Waals surface area (Å²) in [4.78, 5) is 4.29. The molecule has 0 saturated heterocycles. The molecular weight excluding hydrogens is 421 g/mol. The van der Waals surface area contributed by atoms with Crippen molar-refractivity contribution in [2.45, 2.75) is 19.6 Å². The van der Waals surface area contributed by atoms with Crippen LogP contribution in [0.25, 0.3) is 0 Å². The fourth-order valence-electron chi connectivity index (χ4n) is 2.03. The molecule has 3 N–H and O–H groups in total. The highest BCUT2D eigenvalue weighted by atomic mass is 127. The number of hydrogen-bond donors (Lipinski definition) is 2. The molecule has 2 rings (SSSR count). The van der Waals surface area contributed by atoms with Crippen molar-refractivity contribution < 1.29 is 13.9 Å². The number of nitrogens with two attached hydrogens (primary N) is 1. The van der Waals surface area contributed by atoms with Crippen molar-refractivity contribution in [1.82, 2.24) is 0 Å². The first-order valence-corrected chi connectivity index (χ1v) is 7.53. The maximum Gasteiger partial charge on any atom is 0.193 e. The van der Waals surface area contributed by atoms with Crippen molar-refractivity contribution in [1.29, 1.82) is 0 Å². The molecule has 0 aliphatic heterocycles. The first-order chi connectivity index (χ1) is 11.3. The minimum Gasteiger partial charge on any atom is -0.467 e. The zero-order valence-corrected chi connectivity index (χ0v) is 16.1. The van der Waals surface area contributed by atoms with Crippen LogP contribution in [0, 0.1) is 0 Å². The fraction of sp³-hybridized carbons (Fsp3) is 0.353. The van der Waals surface area contributed by atoms with Crippen LogP contribution in [-0.2, 0) is 22.7 Å². The first-order valence-electron chi connectivity index (χ1n) is 7.53. The van der Waals surface area contributed by atoms with Gasteiger partial charge in [-0.3, -0.25) is 4.99 Å². The molecule has 7 heteroatoms. The van der Waals surface area contributed by atoms with Gasteiger partial charge in [0.05, 0.1) is 12.9 Å². The molecule has 0 radical (unpaired) electrons. The van der Waals surface area contributed by atoms with E-state index in [-0.39, 0.29) is 24.0 Å². The standard InChI is InChI=1S/C17H23N3O3.HI/c1-21-12-14-6-2-3-8-16(14)20-17(18)19-9-5-10-22-13-15-7-4-11-23-15;/h2-4,6-8,11H,5,9-10,12-13H2,1H3,(H3,18,19,20);1H. The lowest BCUT2D eigenvalue weighted by Crippen LogP contribution is -2.23. The number of nitrogens with one attached hydrogen (secondary N) is 1. The van der Waals surface area contributed by atoms with Crippen molar-refractivity contribution in [2.75, 3.05) is 25.6 Å². The Balaban J connectivity index is 0.00000288. The third-order valence-electron chi connectivity index (χ3n) is 3.13. The van der Waals surface area contributed by atoms with Gasteiger partial charge >= 0.3 is 0 Å². The van der Waals surface area contributed by atoms with E-state index >= 15 is 0 Å². The molecule has 1 aromatic carbocycles. The molecule has 0 bridgehead atoms. The third kappa shape index (κ3) is 7.33. The Hall–Kier alpha value is -1.58. The lowest BCUT2D eigenvalue weighted by atomic mass is 10.2. The summed E-state index contributed by atoms with van der Waals surface area (Å²) >= 11 is 0. The number of anilines is 1. The zero-order chi connectivity index (χ0) is 16.3. The molecule has 6 nitrogen and oxygen atoms in total. The Morgan fingerprint density at radius 1 is 1.21 bits per heavy atom. The van der Waals surface area contributed by atoms with Gasteiger partial charge in [0.25, 0.3) is 0 Å². The van der Waals surface area contributed by atoms with Gasteiger partial charge in [-0.1, -0.05) is 18.2 Å². The van der Waals surface area contributed by atoms with E-state index in [1.54, 1.807) is 13.4 Å². The summed E-state index contributed by atoms with van der Waals surface area (Å²) in [5, 5.41) is 3.10. The lowest BCUT2D eigenvalue weighted by molar-refractivity contribution is 0.105. The van der Waals surface area contributed by atoms with Gasteiger partial charge in [0.2, 0.25) is 0 Å². The predicted octanol–water partition coefficient (Wildman–Crippen LogP) is 3.38. The molecule has 2 aromatic rings. The zero-order valence-electron chi connectivity index (χ0n) is 13.7. The molecule has 0 amide bonds. The van der Waals surface area contributed by atoms with E-state index in [1.807, 2.05) is 36.4 Å². The van der Waals surface area contributed by atoms with Gasteiger partial charge in [0.15, 0.2) is 5.96 Å². The largest absolute Gasteiger partial charge is 0.467 e. The maximum atomic E-state index is 5.90. The Morgan fingerprint density at radius 3 is 2.79 bits per heavy atom. The molecule has 0 saturated carbocycles. The van der Waals surface area contributed by atoms with Gasteiger partial charge < -0.3 is 24.9 Å². The van der Waals surface area contributed by atoms with Crippen LogP contribution >= 0.6 is 24.0 Å². The van der Waals surface area contributed by atoms with E-state index in [1.165, 1.54) is 0 Å². The summed E-state index contributed by atoms with van der Waals surface area (Å²) in [7, 11) is 1.66. The summed E-state index contributed by atoms with van der Waals surface area (Å²) in [6.07, 6.45) is 2.43. The number of methoxy groups -OCH3 is 1. The topological polar surface area (TPSA) is 82.0 Å². The van der Waals surface area contributed by atoms with Crippen LogP contribution in [0.5, 0.6) is 0 Å². The van der Waals surface area contributed by atoms with E-state index in [0.29, 0.717) is 32.3 Å².